The van der Waals surface area contributed by atoms with E-state index in [2.05, 4.69) is 35.6 Å². The summed E-state index contributed by atoms with van der Waals surface area (Å²) in [6.07, 6.45) is 4.05. The number of benzene rings is 1. The molecule has 1 unspecified atom stereocenters. The molecule has 0 saturated carbocycles. The van der Waals surface area contributed by atoms with E-state index in [1.807, 2.05) is 0 Å². The molecule has 0 aliphatic carbocycles. The summed E-state index contributed by atoms with van der Waals surface area (Å²) < 4.78 is 0. The molecule has 1 aliphatic rings. The molecular weight excluding hydrogens is 194 g/mol. The zero-order chi connectivity index (χ0) is 8.93. The van der Waals surface area contributed by atoms with E-state index in [9.17, 15) is 0 Å². The van der Waals surface area contributed by atoms with Gasteiger partial charge in [0.15, 0.2) is 0 Å². The Morgan fingerprint density at radius 1 is 1.07 bits per heavy atom. The lowest BCUT2D eigenvalue weighted by atomic mass is 9.95. The second kappa shape index (κ2) is 6.05. The van der Waals surface area contributed by atoms with Crippen LogP contribution in [0.15, 0.2) is 30.3 Å². The van der Waals surface area contributed by atoms with Crippen LogP contribution >= 0.6 is 12.4 Å². The van der Waals surface area contributed by atoms with Crippen molar-refractivity contribution in [1.82, 2.24) is 5.32 Å². The minimum absolute atomic E-state index is 0. The first kappa shape index (κ1) is 11.5. The predicted molar refractivity (Wildman–Crippen MR) is 63.2 cm³/mol. The summed E-state index contributed by atoms with van der Waals surface area (Å²) in [6, 6.07) is 10.9. The molecule has 0 radical (unpaired) electrons. The summed E-state index contributed by atoms with van der Waals surface area (Å²) in [5, 5.41) is 3.50. The fourth-order valence-corrected chi connectivity index (χ4v) is 2.03. The SMILES string of the molecule is Cl.c1ccc(C2CCCCNC2)cc1. The third-order valence-electron chi connectivity index (χ3n) is 2.82. The lowest BCUT2D eigenvalue weighted by Gasteiger charge is -2.13. The summed E-state index contributed by atoms with van der Waals surface area (Å²) in [7, 11) is 0. The van der Waals surface area contributed by atoms with Crippen molar-refractivity contribution in [3.63, 3.8) is 0 Å². The quantitative estimate of drug-likeness (QED) is 0.753. The Bertz CT molecular complexity index is 240. The van der Waals surface area contributed by atoms with Crippen molar-refractivity contribution in [1.29, 1.82) is 0 Å². The molecule has 1 fully saturated rings. The number of rotatable bonds is 1. The Morgan fingerprint density at radius 3 is 2.64 bits per heavy atom. The van der Waals surface area contributed by atoms with E-state index < -0.39 is 0 Å². The van der Waals surface area contributed by atoms with Crippen molar-refractivity contribution in [3.8, 4) is 0 Å². The molecule has 2 heteroatoms. The first-order valence-electron chi connectivity index (χ1n) is 5.22. The Labute approximate surface area is 92.3 Å². The molecule has 78 valence electrons. The fourth-order valence-electron chi connectivity index (χ4n) is 2.03. The van der Waals surface area contributed by atoms with Gasteiger partial charge in [-0.3, -0.25) is 0 Å². The molecule has 1 aliphatic heterocycles. The van der Waals surface area contributed by atoms with Gasteiger partial charge in [0.1, 0.15) is 0 Å². The summed E-state index contributed by atoms with van der Waals surface area (Å²) in [6.45, 7) is 2.35. The van der Waals surface area contributed by atoms with Crippen molar-refractivity contribution < 1.29 is 0 Å². The average molecular weight is 212 g/mol. The highest BCUT2D eigenvalue weighted by molar-refractivity contribution is 5.85. The van der Waals surface area contributed by atoms with Crippen LogP contribution in [0.2, 0.25) is 0 Å². The Hall–Kier alpha value is -0.530. The van der Waals surface area contributed by atoms with Gasteiger partial charge in [-0.15, -0.1) is 12.4 Å². The van der Waals surface area contributed by atoms with E-state index in [-0.39, 0.29) is 12.4 Å². The normalized spacial score (nSPS) is 22.1. The molecule has 1 aromatic carbocycles. The zero-order valence-electron chi connectivity index (χ0n) is 8.41. The van der Waals surface area contributed by atoms with Crippen LogP contribution in [0.5, 0.6) is 0 Å². The lowest BCUT2D eigenvalue weighted by molar-refractivity contribution is 0.610. The first-order valence-corrected chi connectivity index (χ1v) is 5.22. The molecule has 1 N–H and O–H groups in total. The van der Waals surface area contributed by atoms with Gasteiger partial charge in [-0.1, -0.05) is 36.8 Å². The van der Waals surface area contributed by atoms with E-state index in [1.165, 1.54) is 31.4 Å². The van der Waals surface area contributed by atoms with Crippen LogP contribution in [0, 0.1) is 0 Å². The van der Waals surface area contributed by atoms with Crippen LogP contribution in [-0.4, -0.2) is 13.1 Å². The maximum Gasteiger partial charge on any atom is 0.00201 e. The molecule has 0 aromatic heterocycles. The highest BCUT2D eigenvalue weighted by atomic mass is 35.5. The standard InChI is InChI=1S/C12H17N.ClH/c1-2-6-11(7-3-1)12-8-4-5-9-13-10-12;/h1-3,6-7,12-13H,4-5,8-10H2;1H. The fraction of sp³-hybridized carbons (Fsp3) is 0.500. The predicted octanol–water partition coefficient (Wildman–Crippen LogP) is 2.97. The van der Waals surface area contributed by atoms with Crippen LogP contribution in [0.3, 0.4) is 0 Å². The van der Waals surface area contributed by atoms with Crippen LogP contribution in [0.25, 0.3) is 0 Å². The number of halogens is 1. The second-order valence-electron chi connectivity index (χ2n) is 3.81. The molecule has 2 rings (SSSR count). The lowest BCUT2D eigenvalue weighted by Crippen LogP contribution is -2.19. The van der Waals surface area contributed by atoms with Gasteiger partial charge in [0.25, 0.3) is 0 Å². The van der Waals surface area contributed by atoms with E-state index >= 15 is 0 Å². The van der Waals surface area contributed by atoms with E-state index in [4.69, 9.17) is 0 Å². The summed E-state index contributed by atoms with van der Waals surface area (Å²) in [5.74, 6) is 0.740. The van der Waals surface area contributed by atoms with E-state index in [0.29, 0.717) is 0 Å². The molecule has 0 spiro atoms. The Kier molecular flexibility index (Phi) is 4.99. The van der Waals surface area contributed by atoms with E-state index in [1.54, 1.807) is 0 Å². The second-order valence-corrected chi connectivity index (χ2v) is 3.81. The molecule has 1 nitrogen and oxygen atoms in total. The van der Waals surface area contributed by atoms with Gasteiger partial charge in [-0.2, -0.15) is 0 Å². The van der Waals surface area contributed by atoms with Crippen LogP contribution < -0.4 is 5.32 Å². The van der Waals surface area contributed by atoms with Gasteiger partial charge >= 0.3 is 0 Å². The summed E-state index contributed by atoms with van der Waals surface area (Å²) in [5.41, 5.74) is 1.50. The highest BCUT2D eigenvalue weighted by Crippen LogP contribution is 2.22. The largest absolute Gasteiger partial charge is 0.316 e. The Morgan fingerprint density at radius 2 is 1.86 bits per heavy atom. The molecule has 1 heterocycles. The van der Waals surface area contributed by atoms with Crippen LogP contribution in [0.1, 0.15) is 30.7 Å². The van der Waals surface area contributed by atoms with Crippen molar-refractivity contribution in [2.75, 3.05) is 13.1 Å². The molecule has 0 bridgehead atoms. The van der Waals surface area contributed by atoms with Crippen LogP contribution in [0.4, 0.5) is 0 Å². The van der Waals surface area contributed by atoms with Crippen molar-refractivity contribution in [2.45, 2.75) is 25.2 Å². The monoisotopic (exact) mass is 211 g/mol. The number of nitrogens with one attached hydrogen (secondary N) is 1. The van der Waals surface area contributed by atoms with Gasteiger partial charge in [-0.05, 0) is 30.9 Å². The minimum Gasteiger partial charge on any atom is -0.316 e. The summed E-state index contributed by atoms with van der Waals surface area (Å²) >= 11 is 0. The average Bonchev–Trinajstić information content (AvgIpc) is 2.47. The van der Waals surface area contributed by atoms with Gasteiger partial charge in [0, 0.05) is 6.54 Å². The molecule has 1 saturated heterocycles. The van der Waals surface area contributed by atoms with Gasteiger partial charge < -0.3 is 5.32 Å². The van der Waals surface area contributed by atoms with Crippen LogP contribution in [-0.2, 0) is 0 Å². The topological polar surface area (TPSA) is 12.0 Å². The third-order valence-corrected chi connectivity index (χ3v) is 2.82. The molecule has 1 atom stereocenters. The van der Waals surface area contributed by atoms with Crippen molar-refractivity contribution >= 4 is 12.4 Å². The van der Waals surface area contributed by atoms with Gasteiger partial charge in [0.05, 0.1) is 0 Å². The molecular formula is C12H18ClN. The zero-order valence-corrected chi connectivity index (χ0v) is 9.22. The first-order chi connectivity index (χ1) is 6.47. The highest BCUT2D eigenvalue weighted by Gasteiger charge is 2.12. The maximum atomic E-state index is 3.50. The van der Waals surface area contributed by atoms with E-state index in [0.717, 1.165) is 12.5 Å². The van der Waals surface area contributed by atoms with Gasteiger partial charge in [0.2, 0.25) is 0 Å². The molecule has 1 aromatic rings. The van der Waals surface area contributed by atoms with Crippen molar-refractivity contribution in [2.24, 2.45) is 0 Å². The maximum absolute atomic E-state index is 3.50. The smallest absolute Gasteiger partial charge is 0.00201 e. The number of hydrogen-bond donors (Lipinski definition) is 1. The molecule has 0 amide bonds. The minimum atomic E-state index is 0. The third kappa shape index (κ3) is 3.00. The van der Waals surface area contributed by atoms with Gasteiger partial charge in [-0.25, -0.2) is 0 Å². The Balaban J connectivity index is 0.000000980. The summed E-state index contributed by atoms with van der Waals surface area (Å²) in [4.78, 5) is 0. The molecule has 14 heavy (non-hydrogen) atoms. The van der Waals surface area contributed by atoms with Crippen molar-refractivity contribution in [3.05, 3.63) is 35.9 Å². The number of hydrogen-bond acceptors (Lipinski definition) is 1.